The first-order valence-electron chi connectivity index (χ1n) is 10.7. The number of nitrogens with zero attached hydrogens (tertiary/aromatic N) is 1. The monoisotopic (exact) mass is 425 g/mol. The molecular formula is C24H27NO6. The minimum atomic E-state index is -0.727. The lowest BCUT2D eigenvalue weighted by atomic mass is 9.95. The van der Waals surface area contributed by atoms with E-state index in [0.717, 1.165) is 19.3 Å². The van der Waals surface area contributed by atoms with Crippen molar-refractivity contribution in [2.75, 3.05) is 19.8 Å². The van der Waals surface area contributed by atoms with Crippen LogP contribution in [-0.2, 0) is 9.53 Å². The highest BCUT2D eigenvalue weighted by molar-refractivity contribution is 6.15. The summed E-state index contributed by atoms with van der Waals surface area (Å²) in [5, 5.41) is 10.7. The highest BCUT2D eigenvalue weighted by Crippen LogP contribution is 2.40. The number of aryl methyl sites for hydroxylation is 1. The van der Waals surface area contributed by atoms with Gasteiger partial charge in [-0.25, -0.2) is 0 Å². The number of Topliss-reactive ketones (excluding diaryl/α,β-unsaturated/α-hetero) is 1. The van der Waals surface area contributed by atoms with Crippen molar-refractivity contribution < 1.29 is 28.6 Å². The minimum Gasteiger partial charge on any atom is -0.503 e. The number of hydrogen-bond donors (Lipinski definition) is 1. The fourth-order valence-electron chi connectivity index (χ4n) is 4.08. The SMILES string of the molecule is CCCOc1ccc(C2C(C(=O)c3ccc(C)o3)=C(O)C(=O)N2CC2CCCO2)cc1. The molecule has 1 aromatic heterocycles. The van der Waals surface area contributed by atoms with E-state index in [1.807, 2.05) is 31.2 Å². The van der Waals surface area contributed by atoms with E-state index in [1.165, 1.54) is 4.90 Å². The Hall–Kier alpha value is -3.06. The van der Waals surface area contributed by atoms with Gasteiger partial charge in [0.15, 0.2) is 11.5 Å². The van der Waals surface area contributed by atoms with Gasteiger partial charge in [0.05, 0.1) is 24.3 Å². The molecule has 7 heteroatoms. The number of hydrogen-bond acceptors (Lipinski definition) is 6. The molecule has 2 aromatic rings. The fourth-order valence-corrected chi connectivity index (χ4v) is 4.08. The number of carbonyl (C=O) groups is 2. The molecule has 7 nitrogen and oxygen atoms in total. The van der Waals surface area contributed by atoms with Crippen LogP contribution in [0.1, 0.15) is 54.1 Å². The van der Waals surface area contributed by atoms with Gasteiger partial charge >= 0.3 is 0 Å². The van der Waals surface area contributed by atoms with Crippen LogP contribution in [0.2, 0.25) is 0 Å². The Morgan fingerprint density at radius 3 is 2.61 bits per heavy atom. The quantitative estimate of drug-likeness (QED) is 0.640. The Morgan fingerprint density at radius 2 is 2.00 bits per heavy atom. The van der Waals surface area contributed by atoms with Crippen molar-refractivity contribution in [2.24, 2.45) is 0 Å². The van der Waals surface area contributed by atoms with Gasteiger partial charge in [-0.1, -0.05) is 19.1 Å². The van der Waals surface area contributed by atoms with Gasteiger partial charge in [-0.15, -0.1) is 0 Å². The van der Waals surface area contributed by atoms with Crippen molar-refractivity contribution in [1.29, 1.82) is 0 Å². The van der Waals surface area contributed by atoms with E-state index in [9.17, 15) is 14.7 Å². The maximum atomic E-state index is 13.2. The van der Waals surface area contributed by atoms with Gasteiger partial charge in [0, 0.05) is 13.2 Å². The number of ketones is 1. The number of benzene rings is 1. The van der Waals surface area contributed by atoms with E-state index in [1.54, 1.807) is 19.1 Å². The summed E-state index contributed by atoms with van der Waals surface area (Å²) < 4.78 is 16.9. The zero-order valence-electron chi connectivity index (χ0n) is 17.8. The Morgan fingerprint density at radius 1 is 1.23 bits per heavy atom. The van der Waals surface area contributed by atoms with Crippen LogP contribution < -0.4 is 4.74 Å². The van der Waals surface area contributed by atoms with E-state index in [2.05, 4.69) is 0 Å². The molecule has 1 saturated heterocycles. The third-order valence-corrected chi connectivity index (χ3v) is 5.61. The number of furan rings is 1. The lowest BCUT2D eigenvalue weighted by Gasteiger charge is -2.28. The topological polar surface area (TPSA) is 89.2 Å². The molecule has 4 rings (SSSR count). The van der Waals surface area contributed by atoms with E-state index in [0.29, 0.717) is 36.8 Å². The summed E-state index contributed by atoms with van der Waals surface area (Å²) in [5.74, 6) is -0.211. The van der Waals surface area contributed by atoms with Crippen LogP contribution in [0.4, 0.5) is 0 Å². The van der Waals surface area contributed by atoms with Crippen LogP contribution in [-0.4, -0.2) is 47.6 Å². The molecule has 0 saturated carbocycles. The largest absolute Gasteiger partial charge is 0.503 e. The molecule has 0 spiro atoms. The number of ether oxygens (including phenoxy) is 2. The highest BCUT2D eigenvalue weighted by atomic mass is 16.5. The van der Waals surface area contributed by atoms with Gasteiger partial charge in [0.2, 0.25) is 5.78 Å². The molecule has 2 unspecified atom stereocenters. The summed E-state index contributed by atoms with van der Waals surface area (Å²) in [6.07, 6.45) is 2.54. The van der Waals surface area contributed by atoms with Crippen LogP contribution >= 0.6 is 0 Å². The second-order valence-electron chi connectivity index (χ2n) is 7.91. The molecule has 2 aliphatic heterocycles. The van der Waals surface area contributed by atoms with Gasteiger partial charge in [0.25, 0.3) is 5.91 Å². The van der Waals surface area contributed by atoms with Crippen LogP contribution in [0.5, 0.6) is 5.75 Å². The molecular weight excluding hydrogens is 398 g/mol. The molecule has 31 heavy (non-hydrogen) atoms. The van der Waals surface area contributed by atoms with E-state index in [-0.39, 0.29) is 17.4 Å². The lowest BCUT2D eigenvalue weighted by Crippen LogP contribution is -2.37. The highest BCUT2D eigenvalue weighted by Gasteiger charge is 2.45. The van der Waals surface area contributed by atoms with E-state index >= 15 is 0 Å². The first kappa shape index (κ1) is 21.2. The van der Waals surface area contributed by atoms with Gasteiger partial charge in [-0.2, -0.15) is 0 Å². The van der Waals surface area contributed by atoms with Crippen LogP contribution in [0.3, 0.4) is 0 Å². The predicted molar refractivity (Wildman–Crippen MR) is 113 cm³/mol. The van der Waals surface area contributed by atoms with Gasteiger partial charge in [0.1, 0.15) is 11.5 Å². The van der Waals surface area contributed by atoms with Crippen molar-refractivity contribution in [1.82, 2.24) is 4.90 Å². The standard InChI is InChI=1S/C24H27NO6/c1-3-12-29-17-9-7-16(8-10-17)21-20(22(26)19-11-6-15(2)31-19)23(27)24(28)25(21)14-18-5-4-13-30-18/h6-11,18,21,27H,3-5,12-14H2,1-2H3. The number of rotatable bonds is 8. The van der Waals surface area contributed by atoms with Crippen LogP contribution in [0, 0.1) is 6.92 Å². The number of amides is 1. The average molecular weight is 425 g/mol. The minimum absolute atomic E-state index is 0.0274. The molecule has 0 bridgehead atoms. The van der Waals surface area contributed by atoms with Gasteiger partial charge in [-0.05, 0) is 56.0 Å². The summed E-state index contributed by atoms with van der Waals surface area (Å²) in [6.45, 7) is 5.33. The second-order valence-corrected chi connectivity index (χ2v) is 7.91. The zero-order chi connectivity index (χ0) is 22.0. The fraction of sp³-hybridized carbons (Fsp3) is 0.417. The maximum Gasteiger partial charge on any atom is 0.290 e. The maximum absolute atomic E-state index is 13.2. The molecule has 2 atom stereocenters. The Bertz CT molecular complexity index is 984. The molecule has 1 amide bonds. The summed E-state index contributed by atoms with van der Waals surface area (Å²) >= 11 is 0. The molecule has 0 radical (unpaired) electrons. The van der Waals surface area contributed by atoms with Gasteiger partial charge in [-0.3, -0.25) is 9.59 Å². The zero-order valence-corrected chi connectivity index (χ0v) is 17.8. The first-order valence-corrected chi connectivity index (χ1v) is 10.7. The predicted octanol–water partition coefficient (Wildman–Crippen LogP) is 4.13. The molecule has 3 heterocycles. The first-order chi connectivity index (χ1) is 15.0. The lowest BCUT2D eigenvalue weighted by molar-refractivity contribution is -0.131. The molecule has 1 N–H and O–H groups in total. The Kier molecular flexibility index (Phi) is 6.13. The Balaban J connectivity index is 1.70. The molecule has 2 aliphatic rings. The van der Waals surface area contributed by atoms with Gasteiger partial charge < -0.3 is 23.9 Å². The summed E-state index contributed by atoms with van der Waals surface area (Å²) in [6, 6.07) is 9.79. The van der Waals surface area contributed by atoms with Crippen LogP contribution in [0.15, 0.2) is 52.1 Å². The molecule has 1 aromatic carbocycles. The molecule has 1 fully saturated rings. The third-order valence-electron chi connectivity index (χ3n) is 5.61. The van der Waals surface area contributed by atoms with E-state index < -0.39 is 23.5 Å². The summed E-state index contributed by atoms with van der Waals surface area (Å²) in [4.78, 5) is 27.8. The normalized spacial score (nSPS) is 21.2. The molecule has 164 valence electrons. The van der Waals surface area contributed by atoms with E-state index in [4.69, 9.17) is 13.9 Å². The van der Waals surface area contributed by atoms with Crippen molar-refractivity contribution in [3.8, 4) is 5.75 Å². The number of aliphatic hydroxyl groups excluding tert-OH is 1. The summed E-state index contributed by atoms with van der Waals surface area (Å²) in [7, 11) is 0. The number of aliphatic hydroxyl groups is 1. The van der Waals surface area contributed by atoms with Crippen molar-refractivity contribution in [3.63, 3.8) is 0 Å². The molecule has 0 aliphatic carbocycles. The van der Waals surface area contributed by atoms with Crippen molar-refractivity contribution in [2.45, 2.75) is 45.3 Å². The van der Waals surface area contributed by atoms with Crippen LogP contribution in [0.25, 0.3) is 0 Å². The number of carbonyl (C=O) groups excluding carboxylic acids is 2. The smallest absolute Gasteiger partial charge is 0.290 e. The Labute approximate surface area is 181 Å². The van der Waals surface area contributed by atoms with Crippen molar-refractivity contribution >= 4 is 11.7 Å². The summed E-state index contributed by atoms with van der Waals surface area (Å²) in [5.41, 5.74) is 0.741. The second kappa shape index (κ2) is 8.98. The van der Waals surface area contributed by atoms with Crippen molar-refractivity contribution in [3.05, 3.63) is 64.8 Å². The third kappa shape index (κ3) is 4.23. The average Bonchev–Trinajstić information content (AvgIpc) is 3.50.